The van der Waals surface area contributed by atoms with Crippen molar-refractivity contribution in [1.82, 2.24) is 4.98 Å². The zero-order chi connectivity index (χ0) is 12.6. The van der Waals surface area contributed by atoms with Crippen LogP contribution in [0.3, 0.4) is 0 Å². The number of aromatic nitrogens is 1. The van der Waals surface area contributed by atoms with Gasteiger partial charge in [0.25, 0.3) is 0 Å². The molecule has 94 valence electrons. The van der Waals surface area contributed by atoms with Crippen molar-refractivity contribution in [3.63, 3.8) is 0 Å². The Bertz CT molecular complexity index is 440. The number of Topliss-reactive ketones (excluding diaryl/α,β-unsaturated/α-hetero) is 1. The normalized spacial score (nSPS) is 19.4. The summed E-state index contributed by atoms with van der Waals surface area (Å²) in [6.07, 6.45) is 0. The Hall–Kier alpha value is -0.550. The van der Waals surface area contributed by atoms with Crippen molar-refractivity contribution >= 4 is 34.0 Å². The summed E-state index contributed by atoms with van der Waals surface area (Å²) in [4.78, 5) is 19.1. The van der Waals surface area contributed by atoms with Crippen molar-refractivity contribution in [2.45, 2.75) is 32.4 Å². The van der Waals surface area contributed by atoms with E-state index in [1.165, 1.54) is 11.3 Å². The summed E-state index contributed by atoms with van der Waals surface area (Å²) in [5.74, 6) is 1.25. The third-order valence-electron chi connectivity index (χ3n) is 2.80. The molecular formula is C12H18N2OS2. The molecule has 3 nitrogen and oxygen atoms in total. The van der Waals surface area contributed by atoms with Crippen LogP contribution in [0, 0.1) is 6.92 Å². The molecule has 0 bridgehead atoms. The summed E-state index contributed by atoms with van der Waals surface area (Å²) in [5.41, 5.74) is 0.869. The van der Waals surface area contributed by atoms with Crippen molar-refractivity contribution < 1.29 is 4.79 Å². The molecule has 0 aromatic carbocycles. The predicted molar refractivity (Wildman–Crippen MR) is 75.6 cm³/mol. The number of hydrogen-bond acceptors (Lipinski definition) is 5. The highest BCUT2D eigenvalue weighted by molar-refractivity contribution is 8.00. The Morgan fingerprint density at radius 2 is 2.18 bits per heavy atom. The number of rotatable bonds is 2. The number of carbonyl (C=O) groups is 1. The molecule has 0 saturated carbocycles. The topological polar surface area (TPSA) is 33.2 Å². The van der Waals surface area contributed by atoms with Gasteiger partial charge in [-0.1, -0.05) is 11.3 Å². The van der Waals surface area contributed by atoms with E-state index in [9.17, 15) is 4.79 Å². The highest BCUT2D eigenvalue weighted by Gasteiger charge is 2.29. The van der Waals surface area contributed by atoms with E-state index < -0.39 is 0 Å². The second-order valence-electron chi connectivity index (χ2n) is 5.00. The summed E-state index contributed by atoms with van der Waals surface area (Å²) < 4.78 is 0.272. The van der Waals surface area contributed by atoms with Crippen LogP contribution in [0.15, 0.2) is 0 Å². The molecule has 0 unspecified atom stereocenters. The molecule has 0 aliphatic carbocycles. The number of thioether (sulfide) groups is 1. The zero-order valence-electron chi connectivity index (χ0n) is 10.7. The van der Waals surface area contributed by atoms with Crippen LogP contribution in [-0.4, -0.2) is 34.4 Å². The first-order valence-corrected chi connectivity index (χ1v) is 7.56. The molecule has 0 radical (unpaired) electrons. The quantitative estimate of drug-likeness (QED) is 0.774. The third-order valence-corrected chi connectivity index (χ3v) is 5.42. The van der Waals surface area contributed by atoms with Gasteiger partial charge in [0, 0.05) is 30.5 Å². The first-order valence-electron chi connectivity index (χ1n) is 5.76. The second kappa shape index (κ2) is 4.61. The molecule has 0 N–H and O–H groups in total. The van der Waals surface area contributed by atoms with Gasteiger partial charge in [-0.3, -0.25) is 4.79 Å². The minimum Gasteiger partial charge on any atom is -0.346 e. The molecule has 1 saturated heterocycles. The number of carbonyl (C=O) groups excluding carboxylic acids is 1. The minimum absolute atomic E-state index is 0.122. The van der Waals surface area contributed by atoms with Crippen molar-refractivity contribution in [2.75, 3.05) is 23.7 Å². The fourth-order valence-corrected chi connectivity index (χ4v) is 4.12. The molecule has 2 heterocycles. The number of aryl methyl sites for hydroxylation is 1. The average Bonchev–Trinajstić information content (AvgIpc) is 2.59. The van der Waals surface area contributed by atoms with Gasteiger partial charge in [0.1, 0.15) is 0 Å². The van der Waals surface area contributed by atoms with Crippen LogP contribution in [-0.2, 0) is 0 Å². The molecule has 2 rings (SSSR count). The summed E-state index contributed by atoms with van der Waals surface area (Å²) >= 11 is 3.54. The Balaban J connectivity index is 2.22. The molecule has 0 amide bonds. The Morgan fingerprint density at radius 1 is 1.47 bits per heavy atom. The van der Waals surface area contributed by atoms with Crippen LogP contribution in [0.2, 0.25) is 0 Å². The molecule has 0 atom stereocenters. The fourth-order valence-electron chi connectivity index (χ4n) is 2.02. The fraction of sp³-hybridized carbons (Fsp3) is 0.667. The number of ketones is 1. The van der Waals surface area contributed by atoms with Crippen LogP contribution >= 0.6 is 23.1 Å². The van der Waals surface area contributed by atoms with E-state index in [0.29, 0.717) is 0 Å². The third kappa shape index (κ3) is 2.83. The number of nitrogens with zero attached hydrogens (tertiary/aromatic N) is 2. The molecule has 1 aromatic heterocycles. The maximum atomic E-state index is 11.4. The molecule has 0 spiro atoms. The van der Waals surface area contributed by atoms with Gasteiger partial charge in [-0.2, -0.15) is 11.8 Å². The van der Waals surface area contributed by atoms with E-state index in [2.05, 4.69) is 23.7 Å². The van der Waals surface area contributed by atoms with E-state index in [0.717, 1.165) is 34.5 Å². The summed E-state index contributed by atoms with van der Waals surface area (Å²) in [7, 11) is 0. The van der Waals surface area contributed by atoms with Crippen LogP contribution in [0.5, 0.6) is 0 Å². The highest BCUT2D eigenvalue weighted by Crippen LogP contribution is 2.34. The van der Waals surface area contributed by atoms with Crippen molar-refractivity contribution in [2.24, 2.45) is 0 Å². The lowest BCUT2D eigenvalue weighted by atomic mass is 10.2. The lowest BCUT2D eigenvalue weighted by Crippen LogP contribution is -2.43. The maximum absolute atomic E-state index is 11.4. The van der Waals surface area contributed by atoms with E-state index in [1.54, 1.807) is 6.92 Å². The number of anilines is 1. The minimum atomic E-state index is 0.122. The SMILES string of the molecule is CC(=O)c1sc(N2CCSC(C)(C)C2)nc1C. The van der Waals surface area contributed by atoms with Crippen molar-refractivity contribution in [1.29, 1.82) is 0 Å². The first kappa shape index (κ1) is 12.9. The van der Waals surface area contributed by atoms with Gasteiger partial charge in [0.15, 0.2) is 10.9 Å². The van der Waals surface area contributed by atoms with Gasteiger partial charge < -0.3 is 4.90 Å². The van der Waals surface area contributed by atoms with Crippen LogP contribution in [0.25, 0.3) is 0 Å². The molecule has 1 fully saturated rings. The average molecular weight is 270 g/mol. The van der Waals surface area contributed by atoms with Gasteiger partial charge >= 0.3 is 0 Å². The van der Waals surface area contributed by atoms with Crippen molar-refractivity contribution in [3.8, 4) is 0 Å². The van der Waals surface area contributed by atoms with Gasteiger partial charge in [-0.15, -0.1) is 0 Å². The van der Waals surface area contributed by atoms with E-state index in [4.69, 9.17) is 0 Å². The van der Waals surface area contributed by atoms with Gasteiger partial charge in [0.2, 0.25) is 0 Å². The lowest BCUT2D eigenvalue weighted by Gasteiger charge is -2.37. The molecule has 1 aliphatic heterocycles. The maximum Gasteiger partial charge on any atom is 0.186 e. The predicted octanol–water partition coefficient (Wildman–Crippen LogP) is 2.99. The second-order valence-corrected chi connectivity index (χ2v) is 7.78. The standard InChI is InChI=1S/C12H18N2OS2/c1-8-10(9(2)15)17-11(13-8)14-5-6-16-12(3,4)7-14/h5-7H2,1-4H3. The van der Waals surface area contributed by atoms with Gasteiger partial charge in [-0.05, 0) is 20.8 Å². The molecule has 1 aromatic rings. The largest absolute Gasteiger partial charge is 0.346 e. The molecule has 5 heteroatoms. The van der Waals surface area contributed by atoms with Gasteiger partial charge in [0.05, 0.1) is 10.6 Å². The summed E-state index contributed by atoms with van der Waals surface area (Å²) in [5, 5.41) is 1.00. The van der Waals surface area contributed by atoms with E-state index in [-0.39, 0.29) is 10.5 Å². The molecule has 1 aliphatic rings. The van der Waals surface area contributed by atoms with Crippen LogP contribution < -0.4 is 4.90 Å². The van der Waals surface area contributed by atoms with E-state index in [1.807, 2.05) is 18.7 Å². The smallest absolute Gasteiger partial charge is 0.186 e. The Morgan fingerprint density at radius 3 is 2.71 bits per heavy atom. The van der Waals surface area contributed by atoms with Crippen LogP contribution in [0.1, 0.15) is 36.1 Å². The van der Waals surface area contributed by atoms with Crippen molar-refractivity contribution in [3.05, 3.63) is 10.6 Å². The monoisotopic (exact) mass is 270 g/mol. The zero-order valence-corrected chi connectivity index (χ0v) is 12.4. The molecule has 17 heavy (non-hydrogen) atoms. The summed E-state index contributed by atoms with van der Waals surface area (Å²) in [6, 6.07) is 0. The van der Waals surface area contributed by atoms with E-state index >= 15 is 0 Å². The number of thiazole rings is 1. The lowest BCUT2D eigenvalue weighted by molar-refractivity contribution is 0.102. The Kier molecular flexibility index (Phi) is 3.50. The molecular weight excluding hydrogens is 252 g/mol. The summed E-state index contributed by atoms with van der Waals surface area (Å²) in [6.45, 7) is 10.1. The first-order chi connectivity index (χ1) is 7.89. The highest BCUT2D eigenvalue weighted by atomic mass is 32.2. The van der Waals surface area contributed by atoms with Gasteiger partial charge in [-0.25, -0.2) is 4.98 Å². The van der Waals surface area contributed by atoms with Crippen LogP contribution in [0.4, 0.5) is 5.13 Å². The number of hydrogen-bond donors (Lipinski definition) is 0. The Labute approximate surface area is 111 Å².